The summed E-state index contributed by atoms with van der Waals surface area (Å²) in [7, 11) is 0. The number of carbonyl (C=O) groups is 3. The summed E-state index contributed by atoms with van der Waals surface area (Å²) in [6.45, 7) is 0. The van der Waals surface area contributed by atoms with Gasteiger partial charge in [0.1, 0.15) is 0 Å². The van der Waals surface area contributed by atoms with Crippen molar-refractivity contribution in [2.75, 3.05) is 10.2 Å². The van der Waals surface area contributed by atoms with Crippen LogP contribution in [0.15, 0.2) is 60.7 Å². The van der Waals surface area contributed by atoms with Crippen molar-refractivity contribution in [2.45, 2.75) is 6.42 Å². The van der Waals surface area contributed by atoms with Crippen LogP contribution in [0.25, 0.3) is 0 Å². The van der Waals surface area contributed by atoms with Crippen molar-refractivity contribution in [1.82, 2.24) is 0 Å². The number of hydrogen-bond donors (Lipinski definition) is 1. The van der Waals surface area contributed by atoms with Gasteiger partial charge in [-0.1, -0.05) is 23.8 Å². The topological polar surface area (TPSA) is 66.5 Å². The molecule has 2 aromatic rings. The predicted molar refractivity (Wildman–Crippen MR) is 113 cm³/mol. The Hall–Kier alpha value is -2.92. The van der Waals surface area contributed by atoms with E-state index in [1.807, 2.05) is 0 Å². The molecule has 2 bridgehead atoms. The highest BCUT2D eigenvalue weighted by molar-refractivity contribution is 6.30. The van der Waals surface area contributed by atoms with Crippen molar-refractivity contribution in [3.8, 4) is 0 Å². The van der Waals surface area contributed by atoms with E-state index in [0.717, 1.165) is 6.42 Å². The number of rotatable bonds is 3. The first kappa shape index (κ1) is 17.9. The Bertz CT molecular complexity index is 1070. The maximum atomic E-state index is 13.2. The quantitative estimate of drug-likeness (QED) is 0.601. The number of imide groups is 1. The van der Waals surface area contributed by atoms with E-state index in [-0.39, 0.29) is 41.4 Å². The second-order valence-corrected chi connectivity index (χ2v) is 9.11. The zero-order valence-corrected chi connectivity index (χ0v) is 16.8. The van der Waals surface area contributed by atoms with Gasteiger partial charge in [-0.2, -0.15) is 0 Å². The van der Waals surface area contributed by atoms with Crippen LogP contribution in [0.3, 0.4) is 0 Å². The van der Waals surface area contributed by atoms with Crippen molar-refractivity contribution in [3.63, 3.8) is 0 Å². The number of nitrogens with one attached hydrogen (secondary N) is 1. The molecule has 150 valence electrons. The fourth-order valence-corrected chi connectivity index (χ4v) is 5.84. The highest BCUT2D eigenvalue weighted by Crippen LogP contribution is 2.65. The van der Waals surface area contributed by atoms with Gasteiger partial charge in [-0.3, -0.25) is 19.3 Å². The highest BCUT2D eigenvalue weighted by Gasteiger charge is 2.67. The number of benzene rings is 2. The first-order valence-corrected chi connectivity index (χ1v) is 10.6. The molecule has 6 atom stereocenters. The molecular formula is C24H19ClN2O3. The summed E-state index contributed by atoms with van der Waals surface area (Å²) < 4.78 is 0. The zero-order chi connectivity index (χ0) is 20.6. The van der Waals surface area contributed by atoms with Crippen molar-refractivity contribution in [1.29, 1.82) is 0 Å². The molecule has 0 unspecified atom stereocenters. The molecular weight excluding hydrogens is 400 g/mol. The Morgan fingerprint density at radius 2 is 1.43 bits per heavy atom. The molecule has 4 aliphatic carbocycles. The molecule has 1 aliphatic heterocycles. The number of halogens is 1. The largest absolute Gasteiger partial charge is 0.322 e. The van der Waals surface area contributed by atoms with Crippen LogP contribution in [0, 0.1) is 35.5 Å². The van der Waals surface area contributed by atoms with E-state index in [1.165, 1.54) is 4.90 Å². The van der Waals surface area contributed by atoms with E-state index in [0.29, 0.717) is 33.8 Å². The van der Waals surface area contributed by atoms with Crippen LogP contribution in [-0.4, -0.2) is 17.7 Å². The molecule has 1 heterocycles. The summed E-state index contributed by atoms with van der Waals surface area (Å²) in [6, 6.07) is 13.5. The van der Waals surface area contributed by atoms with Crippen LogP contribution in [0.2, 0.25) is 5.02 Å². The molecule has 2 aromatic carbocycles. The van der Waals surface area contributed by atoms with E-state index in [9.17, 15) is 14.4 Å². The molecule has 3 fully saturated rings. The Morgan fingerprint density at radius 3 is 2.00 bits per heavy atom. The average Bonchev–Trinajstić information content (AvgIpc) is 3.53. The van der Waals surface area contributed by atoms with Crippen molar-refractivity contribution >= 4 is 40.7 Å². The zero-order valence-electron chi connectivity index (χ0n) is 16.0. The molecule has 5 nitrogen and oxygen atoms in total. The number of amides is 3. The van der Waals surface area contributed by atoms with Gasteiger partial charge in [0.25, 0.3) is 5.91 Å². The molecule has 1 N–H and O–H groups in total. The van der Waals surface area contributed by atoms with Crippen LogP contribution in [0.1, 0.15) is 16.8 Å². The molecule has 0 radical (unpaired) electrons. The van der Waals surface area contributed by atoms with Gasteiger partial charge < -0.3 is 5.32 Å². The van der Waals surface area contributed by atoms with Crippen LogP contribution in [0.4, 0.5) is 11.4 Å². The smallest absolute Gasteiger partial charge is 0.255 e. The molecule has 2 saturated carbocycles. The SMILES string of the molecule is O=C(Nc1ccc(Cl)cc1)c1ccc(N2C(=O)[C@@H]3[C@@H]4C=C[C@H]([C@H]5C[C@H]45)[C@@H]3C2=O)cc1. The molecule has 30 heavy (non-hydrogen) atoms. The van der Waals surface area contributed by atoms with E-state index in [1.54, 1.807) is 48.5 Å². The second-order valence-electron chi connectivity index (χ2n) is 8.67. The van der Waals surface area contributed by atoms with E-state index >= 15 is 0 Å². The molecule has 6 heteroatoms. The van der Waals surface area contributed by atoms with Gasteiger partial charge in [0.05, 0.1) is 17.5 Å². The fourth-order valence-electron chi connectivity index (χ4n) is 5.71. The minimum atomic E-state index is -0.265. The van der Waals surface area contributed by atoms with Crippen LogP contribution < -0.4 is 10.2 Å². The lowest BCUT2D eigenvalue weighted by Gasteiger charge is -2.37. The summed E-state index contributed by atoms with van der Waals surface area (Å²) in [5.74, 6) is 0.689. The Balaban J connectivity index is 1.23. The second kappa shape index (κ2) is 6.29. The van der Waals surface area contributed by atoms with Gasteiger partial charge in [0.15, 0.2) is 0 Å². The van der Waals surface area contributed by atoms with Gasteiger partial charge in [-0.05, 0) is 78.6 Å². The maximum absolute atomic E-state index is 13.2. The minimum Gasteiger partial charge on any atom is -0.322 e. The molecule has 1 saturated heterocycles. The third-order valence-electron chi connectivity index (χ3n) is 7.15. The molecule has 0 spiro atoms. The highest BCUT2D eigenvalue weighted by atomic mass is 35.5. The number of anilines is 2. The summed E-state index contributed by atoms with van der Waals surface area (Å²) in [6.07, 6.45) is 5.48. The lowest BCUT2D eigenvalue weighted by molar-refractivity contribution is -0.124. The number of hydrogen-bond acceptors (Lipinski definition) is 3. The monoisotopic (exact) mass is 418 g/mol. The van der Waals surface area contributed by atoms with Crippen LogP contribution >= 0.6 is 11.6 Å². The summed E-state index contributed by atoms with van der Waals surface area (Å²) in [5, 5.41) is 3.40. The number of allylic oxidation sites excluding steroid dienone is 2. The van der Waals surface area contributed by atoms with Crippen LogP contribution in [-0.2, 0) is 9.59 Å². The average molecular weight is 419 g/mol. The summed E-state index contributed by atoms with van der Waals surface area (Å²) in [5.41, 5.74) is 1.63. The third-order valence-corrected chi connectivity index (χ3v) is 7.40. The maximum Gasteiger partial charge on any atom is 0.255 e. The van der Waals surface area contributed by atoms with E-state index in [4.69, 9.17) is 11.6 Å². The van der Waals surface area contributed by atoms with Crippen molar-refractivity contribution in [2.24, 2.45) is 35.5 Å². The number of nitrogens with zero attached hydrogens (tertiary/aromatic N) is 1. The van der Waals surface area contributed by atoms with Crippen molar-refractivity contribution < 1.29 is 14.4 Å². The van der Waals surface area contributed by atoms with Gasteiger partial charge in [-0.15, -0.1) is 0 Å². The lowest BCUT2D eigenvalue weighted by atomic mass is 9.63. The lowest BCUT2D eigenvalue weighted by Crippen LogP contribution is -2.40. The standard InChI is InChI=1S/C24H19ClN2O3/c25-13-3-5-14(6-4-13)26-22(28)12-1-7-15(8-2-12)27-23(29)20-16-9-10-17(19-11-18(16)19)21(20)24(27)30/h1-10,16-21H,11H2,(H,26,28)/t16-,17-,18-,19-,20-,21+/m1/s1. The van der Waals surface area contributed by atoms with Gasteiger partial charge in [-0.25, -0.2) is 0 Å². The Labute approximate surface area is 178 Å². The van der Waals surface area contributed by atoms with Gasteiger partial charge >= 0.3 is 0 Å². The fraction of sp³-hybridized carbons (Fsp3) is 0.292. The Kier molecular flexibility index (Phi) is 3.75. The number of carbonyl (C=O) groups excluding carboxylic acids is 3. The molecule has 0 aromatic heterocycles. The first-order valence-electron chi connectivity index (χ1n) is 10.3. The molecule has 7 rings (SSSR count). The third kappa shape index (κ3) is 2.51. The van der Waals surface area contributed by atoms with Crippen LogP contribution in [0.5, 0.6) is 0 Å². The normalized spacial score (nSPS) is 32.8. The molecule has 5 aliphatic rings. The van der Waals surface area contributed by atoms with Gasteiger partial charge in [0.2, 0.25) is 11.8 Å². The first-order chi connectivity index (χ1) is 14.5. The summed E-state index contributed by atoms with van der Waals surface area (Å²) in [4.78, 5) is 40.2. The minimum absolute atomic E-state index is 0.0898. The van der Waals surface area contributed by atoms with E-state index < -0.39 is 0 Å². The molecule has 3 amide bonds. The predicted octanol–water partition coefficient (Wildman–Crippen LogP) is 4.15. The Morgan fingerprint density at radius 1 is 0.867 bits per heavy atom. The van der Waals surface area contributed by atoms with Gasteiger partial charge in [0, 0.05) is 16.3 Å². The van der Waals surface area contributed by atoms with E-state index in [2.05, 4.69) is 17.5 Å². The summed E-state index contributed by atoms with van der Waals surface area (Å²) >= 11 is 5.87. The van der Waals surface area contributed by atoms with Crippen molar-refractivity contribution in [3.05, 3.63) is 71.3 Å².